The van der Waals surface area contributed by atoms with E-state index in [4.69, 9.17) is 4.74 Å². The highest BCUT2D eigenvalue weighted by Crippen LogP contribution is 2.10. The van der Waals surface area contributed by atoms with Crippen LogP contribution in [0, 0.1) is 0 Å². The van der Waals surface area contributed by atoms with Crippen molar-refractivity contribution >= 4 is 5.78 Å². The SMILES string of the molecule is C=CC=CC1CC(=O)CCO1. The van der Waals surface area contributed by atoms with E-state index in [0.717, 1.165) is 0 Å². The molecule has 0 aromatic heterocycles. The second-order valence-electron chi connectivity index (χ2n) is 2.52. The number of carbonyl (C=O) groups excluding carboxylic acids is 1. The Morgan fingerprint density at radius 2 is 2.45 bits per heavy atom. The van der Waals surface area contributed by atoms with Crippen LogP contribution in [0.5, 0.6) is 0 Å². The van der Waals surface area contributed by atoms with Gasteiger partial charge in [0.2, 0.25) is 0 Å². The van der Waals surface area contributed by atoms with Gasteiger partial charge in [-0.25, -0.2) is 0 Å². The quantitative estimate of drug-likeness (QED) is 0.560. The molecule has 1 aliphatic rings. The Labute approximate surface area is 66.5 Å². The van der Waals surface area contributed by atoms with Crippen LogP contribution in [-0.4, -0.2) is 18.5 Å². The van der Waals surface area contributed by atoms with Crippen molar-refractivity contribution in [2.45, 2.75) is 18.9 Å². The molecule has 11 heavy (non-hydrogen) atoms. The zero-order chi connectivity index (χ0) is 8.10. The molecule has 2 heteroatoms. The van der Waals surface area contributed by atoms with Gasteiger partial charge in [0.05, 0.1) is 12.7 Å². The molecular formula is C9H12O2. The summed E-state index contributed by atoms with van der Waals surface area (Å²) in [4.78, 5) is 10.9. The Hall–Kier alpha value is -0.890. The van der Waals surface area contributed by atoms with Crippen molar-refractivity contribution in [2.24, 2.45) is 0 Å². The standard InChI is InChI=1S/C9H12O2/c1-2-3-4-9-7-8(10)5-6-11-9/h2-4,9H,1,5-7H2. The topological polar surface area (TPSA) is 26.3 Å². The summed E-state index contributed by atoms with van der Waals surface area (Å²) in [6.45, 7) is 4.10. The van der Waals surface area contributed by atoms with Gasteiger partial charge in [-0.15, -0.1) is 0 Å². The number of ketones is 1. The first kappa shape index (κ1) is 8.21. The summed E-state index contributed by atoms with van der Waals surface area (Å²) >= 11 is 0. The third-order valence-electron chi connectivity index (χ3n) is 1.60. The first-order valence-corrected chi connectivity index (χ1v) is 3.75. The Bertz CT molecular complexity index is 182. The second-order valence-corrected chi connectivity index (χ2v) is 2.52. The summed E-state index contributed by atoms with van der Waals surface area (Å²) in [5.74, 6) is 0.287. The molecule has 0 N–H and O–H groups in total. The third-order valence-corrected chi connectivity index (χ3v) is 1.60. The Kier molecular flexibility index (Phi) is 3.05. The van der Waals surface area contributed by atoms with E-state index in [9.17, 15) is 4.79 Å². The van der Waals surface area contributed by atoms with Crippen molar-refractivity contribution in [1.29, 1.82) is 0 Å². The smallest absolute Gasteiger partial charge is 0.138 e. The normalized spacial score (nSPS) is 25.8. The Morgan fingerprint density at radius 1 is 1.64 bits per heavy atom. The number of ether oxygens (including phenoxy) is 1. The lowest BCUT2D eigenvalue weighted by Crippen LogP contribution is -2.23. The van der Waals surface area contributed by atoms with Gasteiger partial charge in [-0.1, -0.05) is 24.8 Å². The molecule has 1 saturated heterocycles. The lowest BCUT2D eigenvalue weighted by Gasteiger charge is -2.17. The van der Waals surface area contributed by atoms with E-state index in [1.54, 1.807) is 6.08 Å². The summed E-state index contributed by atoms with van der Waals surface area (Å²) in [6.07, 6.45) is 6.42. The minimum Gasteiger partial charge on any atom is -0.373 e. The molecule has 1 fully saturated rings. The second kappa shape index (κ2) is 4.09. The summed E-state index contributed by atoms with van der Waals surface area (Å²) in [6, 6.07) is 0. The Balaban J connectivity index is 2.39. The van der Waals surface area contributed by atoms with Crippen molar-refractivity contribution in [1.82, 2.24) is 0 Å². The molecule has 0 saturated carbocycles. The highest BCUT2D eigenvalue weighted by atomic mass is 16.5. The van der Waals surface area contributed by atoms with Gasteiger partial charge in [0.15, 0.2) is 0 Å². The van der Waals surface area contributed by atoms with E-state index >= 15 is 0 Å². The van der Waals surface area contributed by atoms with Crippen LogP contribution in [-0.2, 0) is 9.53 Å². The zero-order valence-electron chi connectivity index (χ0n) is 6.45. The number of hydrogen-bond acceptors (Lipinski definition) is 2. The summed E-state index contributed by atoms with van der Waals surface area (Å²) in [7, 11) is 0. The molecule has 1 atom stereocenters. The third kappa shape index (κ3) is 2.68. The van der Waals surface area contributed by atoms with Crippen molar-refractivity contribution in [3.8, 4) is 0 Å². The summed E-state index contributed by atoms with van der Waals surface area (Å²) < 4.78 is 5.30. The van der Waals surface area contributed by atoms with E-state index < -0.39 is 0 Å². The lowest BCUT2D eigenvalue weighted by molar-refractivity contribution is -0.126. The molecule has 1 heterocycles. The number of rotatable bonds is 2. The highest BCUT2D eigenvalue weighted by Gasteiger charge is 2.16. The molecule has 1 aliphatic heterocycles. The van der Waals surface area contributed by atoms with E-state index in [2.05, 4.69) is 6.58 Å². The van der Waals surface area contributed by atoms with E-state index in [-0.39, 0.29) is 11.9 Å². The number of allylic oxidation sites excluding steroid dienone is 2. The van der Waals surface area contributed by atoms with Gasteiger partial charge in [0, 0.05) is 12.8 Å². The van der Waals surface area contributed by atoms with Crippen LogP contribution in [0.25, 0.3) is 0 Å². The van der Waals surface area contributed by atoms with Gasteiger partial charge in [0.25, 0.3) is 0 Å². The molecule has 0 bridgehead atoms. The number of carbonyl (C=O) groups is 1. The molecular weight excluding hydrogens is 140 g/mol. The fourth-order valence-corrected chi connectivity index (χ4v) is 1.04. The molecule has 2 nitrogen and oxygen atoms in total. The van der Waals surface area contributed by atoms with Gasteiger partial charge in [-0.3, -0.25) is 4.79 Å². The molecule has 0 radical (unpaired) electrons. The van der Waals surface area contributed by atoms with Crippen LogP contribution < -0.4 is 0 Å². The zero-order valence-corrected chi connectivity index (χ0v) is 6.45. The fraction of sp³-hybridized carbons (Fsp3) is 0.444. The lowest BCUT2D eigenvalue weighted by atomic mass is 10.1. The molecule has 0 aromatic rings. The van der Waals surface area contributed by atoms with Crippen LogP contribution in [0.15, 0.2) is 24.8 Å². The molecule has 0 aromatic carbocycles. The van der Waals surface area contributed by atoms with Crippen molar-refractivity contribution < 1.29 is 9.53 Å². The van der Waals surface area contributed by atoms with Crippen molar-refractivity contribution in [3.63, 3.8) is 0 Å². The predicted molar refractivity (Wildman–Crippen MR) is 43.3 cm³/mol. The van der Waals surface area contributed by atoms with Crippen molar-refractivity contribution in [3.05, 3.63) is 24.8 Å². The highest BCUT2D eigenvalue weighted by molar-refractivity contribution is 5.79. The molecule has 1 unspecified atom stereocenters. The van der Waals surface area contributed by atoms with E-state index in [1.807, 2.05) is 12.2 Å². The van der Waals surface area contributed by atoms with Crippen molar-refractivity contribution in [2.75, 3.05) is 6.61 Å². The summed E-state index contributed by atoms with van der Waals surface area (Å²) in [5, 5.41) is 0. The Morgan fingerprint density at radius 3 is 3.09 bits per heavy atom. The van der Waals surface area contributed by atoms with Gasteiger partial charge < -0.3 is 4.74 Å². The molecule has 0 amide bonds. The average molecular weight is 152 g/mol. The van der Waals surface area contributed by atoms with Gasteiger partial charge >= 0.3 is 0 Å². The maximum absolute atomic E-state index is 10.9. The monoisotopic (exact) mass is 152 g/mol. The first-order valence-electron chi connectivity index (χ1n) is 3.75. The number of Topliss-reactive ketones (excluding diaryl/α,β-unsaturated/α-hetero) is 1. The molecule has 0 spiro atoms. The van der Waals surface area contributed by atoms with E-state index in [1.165, 1.54) is 0 Å². The van der Waals surface area contributed by atoms with Gasteiger partial charge in [-0.05, 0) is 0 Å². The van der Waals surface area contributed by atoms with Crippen LogP contribution in [0.1, 0.15) is 12.8 Å². The predicted octanol–water partition coefficient (Wildman–Crippen LogP) is 1.48. The summed E-state index contributed by atoms with van der Waals surface area (Å²) in [5.41, 5.74) is 0. The van der Waals surface area contributed by atoms with Crippen LogP contribution in [0.3, 0.4) is 0 Å². The van der Waals surface area contributed by atoms with Crippen LogP contribution in [0.2, 0.25) is 0 Å². The maximum Gasteiger partial charge on any atom is 0.138 e. The number of hydrogen-bond donors (Lipinski definition) is 0. The fourth-order valence-electron chi connectivity index (χ4n) is 1.04. The largest absolute Gasteiger partial charge is 0.373 e. The van der Waals surface area contributed by atoms with Gasteiger partial charge in [0.1, 0.15) is 5.78 Å². The van der Waals surface area contributed by atoms with Crippen LogP contribution >= 0.6 is 0 Å². The van der Waals surface area contributed by atoms with Crippen LogP contribution in [0.4, 0.5) is 0 Å². The minimum absolute atomic E-state index is 0.0192. The molecule has 0 aliphatic carbocycles. The van der Waals surface area contributed by atoms with E-state index in [0.29, 0.717) is 19.4 Å². The average Bonchev–Trinajstić information content (AvgIpc) is 2.01. The maximum atomic E-state index is 10.9. The molecule has 1 rings (SSSR count). The first-order chi connectivity index (χ1) is 5.33. The van der Waals surface area contributed by atoms with Gasteiger partial charge in [-0.2, -0.15) is 0 Å². The minimum atomic E-state index is -0.0192. The molecule has 60 valence electrons.